The van der Waals surface area contributed by atoms with Gasteiger partial charge >= 0.3 is 0 Å². The van der Waals surface area contributed by atoms with Crippen molar-refractivity contribution in [1.82, 2.24) is 5.32 Å². The zero-order valence-corrected chi connectivity index (χ0v) is 11.9. The van der Waals surface area contributed by atoms with Crippen molar-refractivity contribution in [1.29, 1.82) is 0 Å². The summed E-state index contributed by atoms with van der Waals surface area (Å²) in [7, 11) is 1.69. The van der Waals surface area contributed by atoms with Gasteiger partial charge in [-0.05, 0) is 37.6 Å². The van der Waals surface area contributed by atoms with Crippen molar-refractivity contribution < 1.29 is 9.47 Å². The zero-order valence-electron chi connectivity index (χ0n) is 11.9. The summed E-state index contributed by atoms with van der Waals surface area (Å²) in [5.41, 5.74) is 1.31. The van der Waals surface area contributed by atoms with Gasteiger partial charge in [-0.15, -0.1) is 0 Å². The van der Waals surface area contributed by atoms with Gasteiger partial charge in [0, 0.05) is 13.2 Å². The van der Waals surface area contributed by atoms with Crippen molar-refractivity contribution in [3.63, 3.8) is 0 Å². The summed E-state index contributed by atoms with van der Waals surface area (Å²) < 4.78 is 10.8. The lowest BCUT2D eigenvalue weighted by atomic mass is 10.0. The topological polar surface area (TPSA) is 30.5 Å². The molecule has 0 spiro atoms. The van der Waals surface area contributed by atoms with E-state index in [2.05, 4.69) is 31.3 Å². The molecule has 0 heterocycles. The Balaban J connectivity index is 2.56. The number of methoxy groups -OCH3 is 1. The van der Waals surface area contributed by atoms with Crippen molar-refractivity contribution >= 4 is 0 Å². The highest BCUT2D eigenvalue weighted by Crippen LogP contribution is 2.20. The molecule has 0 aliphatic heterocycles. The van der Waals surface area contributed by atoms with Crippen LogP contribution >= 0.6 is 0 Å². The van der Waals surface area contributed by atoms with Crippen molar-refractivity contribution in [3.8, 4) is 5.75 Å². The minimum Gasteiger partial charge on any atom is -0.491 e. The molecule has 0 saturated carbocycles. The Morgan fingerprint density at radius 1 is 1.17 bits per heavy atom. The van der Waals surface area contributed by atoms with E-state index < -0.39 is 0 Å². The number of benzene rings is 1. The predicted molar refractivity (Wildman–Crippen MR) is 75.1 cm³/mol. The lowest BCUT2D eigenvalue weighted by Crippen LogP contribution is -2.20. The maximum atomic E-state index is 5.64. The highest BCUT2D eigenvalue weighted by atomic mass is 16.5. The molecule has 2 unspecified atom stereocenters. The Bertz CT molecular complexity index is 324. The minimum atomic E-state index is 0.120. The van der Waals surface area contributed by atoms with E-state index in [0.717, 1.165) is 18.7 Å². The molecule has 0 amide bonds. The molecule has 0 aliphatic rings. The van der Waals surface area contributed by atoms with Gasteiger partial charge in [-0.25, -0.2) is 0 Å². The van der Waals surface area contributed by atoms with Crippen LogP contribution in [-0.2, 0) is 4.74 Å². The molecule has 1 aromatic rings. The van der Waals surface area contributed by atoms with Gasteiger partial charge in [0.25, 0.3) is 0 Å². The van der Waals surface area contributed by atoms with Gasteiger partial charge in [0.15, 0.2) is 0 Å². The molecule has 0 aliphatic carbocycles. The summed E-state index contributed by atoms with van der Waals surface area (Å²) in [4.78, 5) is 0. The van der Waals surface area contributed by atoms with Crippen LogP contribution in [0.5, 0.6) is 5.75 Å². The van der Waals surface area contributed by atoms with Gasteiger partial charge in [0.1, 0.15) is 12.4 Å². The molecular weight excluding hydrogens is 226 g/mol. The second-order valence-corrected chi connectivity index (χ2v) is 4.44. The first-order valence-electron chi connectivity index (χ1n) is 6.70. The fraction of sp³-hybridized carbons (Fsp3) is 0.600. The summed E-state index contributed by atoms with van der Waals surface area (Å²) >= 11 is 0. The summed E-state index contributed by atoms with van der Waals surface area (Å²) in [6, 6.07) is 8.74. The van der Waals surface area contributed by atoms with Crippen LogP contribution in [0.25, 0.3) is 0 Å². The summed E-state index contributed by atoms with van der Waals surface area (Å²) in [5.74, 6) is 0.897. The van der Waals surface area contributed by atoms with Crippen LogP contribution in [0, 0.1) is 0 Å². The van der Waals surface area contributed by atoms with Crippen molar-refractivity contribution in [2.75, 3.05) is 20.3 Å². The molecule has 2 atom stereocenters. The van der Waals surface area contributed by atoms with E-state index in [0.29, 0.717) is 12.6 Å². The number of hydrogen-bond donors (Lipinski definition) is 1. The van der Waals surface area contributed by atoms with Gasteiger partial charge in [-0.3, -0.25) is 0 Å². The summed E-state index contributed by atoms with van der Waals surface area (Å²) in [6.45, 7) is 7.89. The van der Waals surface area contributed by atoms with Crippen LogP contribution in [0.2, 0.25) is 0 Å². The third-order valence-corrected chi connectivity index (χ3v) is 3.03. The number of ether oxygens (including phenoxy) is 2. The average molecular weight is 251 g/mol. The van der Waals surface area contributed by atoms with Crippen LogP contribution < -0.4 is 10.1 Å². The van der Waals surface area contributed by atoms with Crippen molar-refractivity contribution in [2.45, 2.75) is 39.3 Å². The van der Waals surface area contributed by atoms with E-state index >= 15 is 0 Å². The van der Waals surface area contributed by atoms with Crippen LogP contribution in [-0.4, -0.2) is 26.4 Å². The fourth-order valence-corrected chi connectivity index (χ4v) is 1.82. The van der Waals surface area contributed by atoms with Crippen LogP contribution in [0.3, 0.4) is 0 Å². The molecule has 0 bridgehead atoms. The second-order valence-electron chi connectivity index (χ2n) is 4.44. The molecular formula is C15H25NO2. The van der Waals surface area contributed by atoms with Gasteiger partial charge in [-0.1, -0.05) is 26.0 Å². The monoisotopic (exact) mass is 251 g/mol. The molecule has 1 rings (SSSR count). The van der Waals surface area contributed by atoms with E-state index in [1.165, 1.54) is 5.56 Å². The molecule has 102 valence electrons. The SMILES string of the molecule is CCNC(CC)c1ccc(OCC(C)OC)cc1. The summed E-state index contributed by atoms with van der Waals surface area (Å²) in [5, 5.41) is 3.47. The first-order chi connectivity index (χ1) is 8.71. The Labute approximate surface area is 110 Å². The van der Waals surface area contributed by atoms with Gasteiger partial charge in [-0.2, -0.15) is 0 Å². The lowest BCUT2D eigenvalue weighted by Gasteiger charge is -2.17. The Kier molecular flexibility index (Phi) is 6.76. The predicted octanol–water partition coefficient (Wildman–Crippen LogP) is 3.16. The molecule has 3 heteroatoms. The second kappa shape index (κ2) is 8.11. The van der Waals surface area contributed by atoms with Gasteiger partial charge in [0.05, 0.1) is 6.10 Å². The quantitative estimate of drug-likeness (QED) is 0.770. The van der Waals surface area contributed by atoms with Crippen molar-refractivity contribution in [3.05, 3.63) is 29.8 Å². The molecule has 0 saturated heterocycles. The maximum Gasteiger partial charge on any atom is 0.119 e. The standard InChI is InChI=1S/C15H25NO2/c1-5-15(16-6-2)13-7-9-14(10-8-13)18-11-12(3)17-4/h7-10,12,15-16H,5-6,11H2,1-4H3. The Morgan fingerprint density at radius 2 is 1.83 bits per heavy atom. The molecule has 0 aromatic heterocycles. The molecule has 0 fully saturated rings. The largest absolute Gasteiger partial charge is 0.491 e. The first kappa shape index (κ1) is 15.0. The third-order valence-electron chi connectivity index (χ3n) is 3.03. The normalized spacial score (nSPS) is 14.2. The molecule has 3 nitrogen and oxygen atoms in total. The van der Waals surface area contributed by atoms with Crippen LogP contribution in [0.15, 0.2) is 24.3 Å². The summed E-state index contributed by atoms with van der Waals surface area (Å²) in [6.07, 6.45) is 1.21. The number of hydrogen-bond acceptors (Lipinski definition) is 3. The minimum absolute atomic E-state index is 0.120. The fourth-order valence-electron chi connectivity index (χ4n) is 1.82. The van der Waals surface area contributed by atoms with Crippen LogP contribution in [0.1, 0.15) is 38.8 Å². The van der Waals surface area contributed by atoms with E-state index in [1.807, 2.05) is 19.1 Å². The van der Waals surface area contributed by atoms with Gasteiger partial charge in [0.2, 0.25) is 0 Å². The van der Waals surface area contributed by atoms with Crippen LogP contribution in [0.4, 0.5) is 0 Å². The third kappa shape index (κ3) is 4.67. The van der Waals surface area contributed by atoms with E-state index in [9.17, 15) is 0 Å². The highest BCUT2D eigenvalue weighted by molar-refractivity contribution is 5.29. The van der Waals surface area contributed by atoms with E-state index in [1.54, 1.807) is 7.11 Å². The molecule has 18 heavy (non-hydrogen) atoms. The number of nitrogens with one attached hydrogen (secondary N) is 1. The molecule has 1 aromatic carbocycles. The smallest absolute Gasteiger partial charge is 0.119 e. The zero-order chi connectivity index (χ0) is 13.4. The maximum absolute atomic E-state index is 5.64. The molecule has 0 radical (unpaired) electrons. The van der Waals surface area contributed by atoms with E-state index in [-0.39, 0.29) is 6.10 Å². The Morgan fingerprint density at radius 3 is 2.33 bits per heavy atom. The molecule has 1 N–H and O–H groups in total. The first-order valence-corrected chi connectivity index (χ1v) is 6.70. The van der Waals surface area contributed by atoms with Crippen molar-refractivity contribution in [2.24, 2.45) is 0 Å². The lowest BCUT2D eigenvalue weighted by molar-refractivity contribution is 0.0716. The Hall–Kier alpha value is -1.06. The van der Waals surface area contributed by atoms with Gasteiger partial charge < -0.3 is 14.8 Å². The highest BCUT2D eigenvalue weighted by Gasteiger charge is 2.07. The van der Waals surface area contributed by atoms with E-state index in [4.69, 9.17) is 9.47 Å². The number of rotatable bonds is 8. The average Bonchev–Trinajstić information content (AvgIpc) is 2.42.